The summed E-state index contributed by atoms with van der Waals surface area (Å²) in [7, 11) is 2.07. The summed E-state index contributed by atoms with van der Waals surface area (Å²) in [6.45, 7) is 2.29. The van der Waals surface area contributed by atoms with Crippen molar-refractivity contribution in [1.82, 2.24) is 24.4 Å². The molecule has 1 atom stereocenters. The number of nitrogens with zero attached hydrogens (tertiary/aromatic N) is 5. The average Bonchev–Trinajstić information content (AvgIpc) is 3.09. The van der Waals surface area contributed by atoms with E-state index in [1.54, 1.807) is 18.5 Å². The molecule has 3 heterocycles. The summed E-state index contributed by atoms with van der Waals surface area (Å²) in [5, 5.41) is 3.15. The molecule has 0 bridgehead atoms. The Kier molecular flexibility index (Phi) is 5.50. The van der Waals surface area contributed by atoms with Gasteiger partial charge in [-0.15, -0.1) is 0 Å². The molecular formula is C21H26N6O. The summed E-state index contributed by atoms with van der Waals surface area (Å²) >= 11 is 0. The molecule has 4 rings (SSSR count). The molecule has 146 valence electrons. The number of rotatable bonds is 6. The first-order chi connectivity index (χ1) is 13.7. The summed E-state index contributed by atoms with van der Waals surface area (Å²) in [5.74, 6) is 2.21. The second kappa shape index (κ2) is 8.37. The lowest BCUT2D eigenvalue weighted by atomic mass is 9.96. The van der Waals surface area contributed by atoms with Crippen LogP contribution in [-0.4, -0.2) is 50.0 Å². The van der Waals surface area contributed by atoms with Gasteiger partial charge in [-0.1, -0.05) is 12.1 Å². The molecule has 0 radical (unpaired) electrons. The predicted octanol–water partition coefficient (Wildman–Crippen LogP) is 2.96. The molecule has 0 spiro atoms. The number of aryl methyl sites for hydroxylation is 1. The van der Waals surface area contributed by atoms with E-state index in [0.717, 1.165) is 49.2 Å². The molecule has 1 aromatic carbocycles. The molecule has 28 heavy (non-hydrogen) atoms. The van der Waals surface area contributed by atoms with Gasteiger partial charge in [-0.2, -0.15) is 0 Å². The maximum Gasteiger partial charge on any atom is 0.222 e. The highest BCUT2D eigenvalue weighted by atomic mass is 16.2. The van der Waals surface area contributed by atoms with Crippen molar-refractivity contribution in [2.24, 2.45) is 7.05 Å². The van der Waals surface area contributed by atoms with Crippen LogP contribution in [0.2, 0.25) is 0 Å². The third kappa shape index (κ3) is 3.98. The van der Waals surface area contributed by atoms with Crippen LogP contribution in [0.3, 0.4) is 0 Å². The summed E-state index contributed by atoms with van der Waals surface area (Å²) in [5.41, 5.74) is 2.17. The van der Waals surface area contributed by atoms with Gasteiger partial charge in [-0.25, -0.2) is 15.0 Å². The van der Waals surface area contributed by atoms with Crippen LogP contribution in [0.5, 0.6) is 0 Å². The zero-order chi connectivity index (χ0) is 19.3. The Hall–Kier alpha value is -2.96. The number of imidazole rings is 1. The fourth-order valence-corrected chi connectivity index (χ4v) is 3.93. The van der Waals surface area contributed by atoms with E-state index in [0.29, 0.717) is 24.8 Å². The molecule has 1 fully saturated rings. The van der Waals surface area contributed by atoms with Gasteiger partial charge >= 0.3 is 0 Å². The quantitative estimate of drug-likeness (QED) is 0.668. The lowest BCUT2D eigenvalue weighted by molar-refractivity contribution is -0.132. The van der Waals surface area contributed by atoms with Crippen LogP contribution in [0.15, 0.2) is 42.7 Å². The minimum absolute atomic E-state index is 0.222. The lowest BCUT2D eigenvalue weighted by Crippen LogP contribution is -2.39. The van der Waals surface area contributed by atoms with Crippen molar-refractivity contribution in [3.63, 3.8) is 0 Å². The minimum Gasteiger partial charge on any atom is -0.354 e. The normalized spacial score (nSPS) is 17.0. The highest BCUT2D eigenvalue weighted by Crippen LogP contribution is 2.28. The van der Waals surface area contributed by atoms with Crippen LogP contribution >= 0.6 is 0 Å². The second-order valence-electron chi connectivity index (χ2n) is 7.30. The van der Waals surface area contributed by atoms with Crippen molar-refractivity contribution in [1.29, 1.82) is 0 Å². The van der Waals surface area contributed by atoms with Crippen LogP contribution in [0.25, 0.3) is 11.0 Å². The van der Waals surface area contributed by atoms with Crippen molar-refractivity contribution < 1.29 is 4.79 Å². The number of anilines is 1. The van der Waals surface area contributed by atoms with Crippen molar-refractivity contribution in [2.45, 2.75) is 31.6 Å². The molecule has 0 saturated carbocycles. The predicted molar refractivity (Wildman–Crippen MR) is 109 cm³/mol. The molecule has 3 aromatic rings. The van der Waals surface area contributed by atoms with Gasteiger partial charge < -0.3 is 14.8 Å². The van der Waals surface area contributed by atoms with Gasteiger partial charge in [-0.3, -0.25) is 4.79 Å². The van der Waals surface area contributed by atoms with Crippen molar-refractivity contribution in [2.75, 3.05) is 25.0 Å². The molecule has 2 aromatic heterocycles. The Bertz CT molecular complexity index is 938. The number of amides is 1. The number of nitrogens with one attached hydrogen (secondary N) is 1. The fourth-order valence-electron chi connectivity index (χ4n) is 3.93. The minimum atomic E-state index is 0.222. The molecule has 0 aliphatic carbocycles. The van der Waals surface area contributed by atoms with E-state index in [1.807, 2.05) is 23.1 Å². The van der Waals surface area contributed by atoms with Gasteiger partial charge in [0.25, 0.3) is 0 Å². The average molecular weight is 378 g/mol. The van der Waals surface area contributed by atoms with Gasteiger partial charge in [0.1, 0.15) is 5.82 Å². The molecular weight excluding hydrogens is 352 g/mol. The van der Waals surface area contributed by atoms with Crippen LogP contribution in [0.1, 0.15) is 37.4 Å². The first-order valence-electron chi connectivity index (χ1n) is 9.92. The first kappa shape index (κ1) is 18.4. The maximum atomic E-state index is 12.7. The number of para-hydroxylation sites is 2. The van der Waals surface area contributed by atoms with E-state index in [1.165, 1.54) is 0 Å². The summed E-state index contributed by atoms with van der Waals surface area (Å²) < 4.78 is 2.18. The summed E-state index contributed by atoms with van der Waals surface area (Å²) in [4.78, 5) is 27.8. The number of piperidine rings is 1. The number of likely N-dealkylation sites (tertiary alicyclic amines) is 1. The molecule has 0 unspecified atom stereocenters. The Morgan fingerprint density at radius 1 is 1.21 bits per heavy atom. The van der Waals surface area contributed by atoms with Gasteiger partial charge in [0.2, 0.25) is 11.9 Å². The first-order valence-corrected chi connectivity index (χ1v) is 9.92. The smallest absolute Gasteiger partial charge is 0.222 e. The topological polar surface area (TPSA) is 75.9 Å². The van der Waals surface area contributed by atoms with Crippen molar-refractivity contribution in [3.05, 3.63) is 48.5 Å². The van der Waals surface area contributed by atoms with Gasteiger partial charge in [0.15, 0.2) is 0 Å². The van der Waals surface area contributed by atoms with Gasteiger partial charge in [0, 0.05) is 51.4 Å². The Labute approximate surface area is 164 Å². The highest BCUT2D eigenvalue weighted by Gasteiger charge is 2.27. The molecule has 7 nitrogen and oxygen atoms in total. The number of carbonyl (C=O) groups excluding carboxylic acids is 1. The van der Waals surface area contributed by atoms with E-state index >= 15 is 0 Å². The van der Waals surface area contributed by atoms with E-state index in [4.69, 9.17) is 4.98 Å². The summed E-state index contributed by atoms with van der Waals surface area (Å²) in [6, 6.07) is 9.99. The SMILES string of the molecule is Cn1c([C@H]2CCCN(C(=O)CCCNc3ncccn3)C2)nc2ccccc21. The van der Waals surface area contributed by atoms with Gasteiger partial charge in [0.05, 0.1) is 11.0 Å². The lowest BCUT2D eigenvalue weighted by Gasteiger charge is -2.32. The van der Waals surface area contributed by atoms with E-state index in [-0.39, 0.29) is 5.91 Å². The fraction of sp³-hybridized carbons (Fsp3) is 0.429. The van der Waals surface area contributed by atoms with Crippen LogP contribution in [-0.2, 0) is 11.8 Å². The third-order valence-corrected chi connectivity index (χ3v) is 5.38. The van der Waals surface area contributed by atoms with Crippen molar-refractivity contribution >= 4 is 22.9 Å². The monoisotopic (exact) mass is 378 g/mol. The molecule has 1 aliphatic rings. The molecule has 7 heteroatoms. The number of aromatic nitrogens is 4. The molecule has 1 saturated heterocycles. The van der Waals surface area contributed by atoms with Crippen molar-refractivity contribution in [3.8, 4) is 0 Å². The number of carbonyl (C=O) groups is 1. The Balaban J connectivity index is 1.32. The highest BCUT2D eigenvalue weighted by molar-refractivity contribution is 5.77. The molecule has 1 aliphatic heterocycles. The molecule has 1 amide bonds. The van der Waals surface area contributed by atoms with Gasteiger partial charge in [-0.05, 0) is 37.5 Å². The zero-order valence-corrected chi connectivity index (χ0v) is 16.2. The van der Waals surface area contributed by atoms with E-state index in [2.05, 4.69) is 33.0 Å². The van der Waals surface area contributed by atoms with Crippen LogP contribution < -0.4 is 5.32 Å². The maximum absolute atomic E-state index is 12.7. The standard InChI is InChI=1S/C21H26N6O/c1-26-18-9-3-2-8-17(18)25-20(26)16-7-5-14-27(15-16)19(28)10-4-11-22-21-23-12-6-13-24-21/h2-3,6,8-9,12-13,16H,4-5,7,10-11,14-15H2,1H3,(H,22,23,24)/t16-/m0/s1. The van der Waals surface area contributed by atoms with Crippen LogP contribution in [0, 0.1) is 0 Å². The van der Waals surface area contributed by atoms with E-state index in [9.17, 15) is 4.79 Å². The molecule has 1 N–H and O–H groups in total. The zero-order valence-electron chi connectivity index (χ0n) is 16.2. The number of fused-ring (bicyclic) bond motifs is 1. The third-order valence-electron chi connectivity index (χ3n) is 5.38. The number of benzene rings is 1. The van der Waals surface area contributed by atoms with E-state index < -0.39 is 0 Å². The number of hydrogen-bond acceptors (Lipinski definition) is 5. The van der Waals surface area contributed by atoms with Crippen LogP contribution in [0.4, 0.5) is 5.95 Å². The summed E-state index contributed by atoms with van der Waals surface area (Å²) in [6.07, 6.45) is 6.81. The largest absolute Gasteiger partial charge is 0.354 e. The Morgan fingerprint density at radius 3 is 2.86 bits per heavy atom. The number of hydrogen-bond donors (Lipinski definition) is 1. The second-order valence-corrected chi connectivity index (χ2v) is 7.30. The Morgan fingerprint density at radius 2 is 2.04 bits per heavy atom.